The molecule has 206 valence electrons. The number of Topliss-reactive ketones (excluding diaryl/α,β-unsaturated/α-hetero) is 1. The largest absolute Gasteiger partial charge is 0.481 e. The van der Waals surface area contributed by atoms with E-state index < -0.39 is 48.3 Å². The van der Waals surface area contributed by atoms with Crippen molar-refractivity contribution in [2.24, 2.45) is 23.3 Å². The number of amides is 3. The average molecular weight is 521 g/mol. The maximum absolute atomic E-state index is 12.8. The minimum atomic E-state index is -1.25. The number of carbonyl (C=O) groups is 5. The van der Waals surface area contributed by atoms with Crippen LogP contribution in [0.5, 0.6) is 0 Å². The number of nitrogens with one attached hydrogen (secondary N) is 2. The van der Waals surface area contributed by atoms with Crippen LogP contribution in [0.4, 0.5) is 0 Å². The summed E-state index contributed by atoms with van der Waals surface area (Å²) in [6.45, 7) is 1.50. The molecule has 0 fully saturated rings. The van der Waals surface area contributed by atoms with Gasteiger partial charge in [-0.2, -0.15) is 0 Å². The summed E-state index contributed by atoms with van der Waals surface area (Å²) in [5.41, 5.74) is 12.1. The number of nitrogens with two attached hydrogens (primary N) is 2. The Hall–Kier alpha value is -3.31. The number of carboxylic acid groups (broad SMARTS) is 1. The van der Waals surface area contributed by atoms with Crippen molar-refractivity contribution in [3.8, 4) is 0 Å². The third kappa shape index (κ3) is 12.5. The second-order valence-electron chi connectivity index (χ2n) is 9.14. The van der Waals surface area contributed by atoms with Crippen molar-refractivity contribution < 1.29 is 34.2 Å². The highest BCUT2D eigenvalue weighted by atomic mass is 16.4. The van der Waals surface area contributed by atoms with Gasteiger partial charge in [-0.3, -0.25) is 24.0 Å². The summed E-state index contributed by atoms with van der Waals surface area (Å²) in [7, 11) is 0. The zero-order valence-corrected chi connectivity index (χ0v) is 21.4. The van der Waals surface area contributed by atoms with E-state index in [1.165, 1.54) is 0 Å². The Kier molecular flexibility index (Phi) is 14.7. The van der Waals surface area contributed by atoms with Crippen LogP contribution in [0.2, 0.25) is 0 Å². The smallest absolute Gasteiger partial charge is 0.306 e. The lowest BCUT2D eigenvalue weighted by Crippen LogP contribution is -2.49. The van der Waals surface area contributed by atoms with Crippen LogP contribution in [0.1, 0.15) is 57.4 Å². The number of carboxylic acids is 1. The average Bonchev–Trinajstić information content (AvgIpc) is 2.86. The van der Waals surface area contributed by atoms with Gasteiger partial charge in [0.1, 0.15) is 11.8 Å². The molecule has 1 aromatic rings. The Balaban J connectivity index is 2.53. The molecule has 0 saturated carbocycles. The molecule has 11 heteroatoms. The Morgan fingerprint density at radius 1 is 1.00 bits per heavy atom. The number of hydrogen-bond acceptors (Lipinski definition) is 7. The molecule has 0 heterocycles. The Bertz CT molecular complexity index is 894. The number of aliphatic carboxylic acids is 1. The third-order valence-corrected chi connectivity index (χ3v) is 6.23. The number of carbonyl (C=O) groups excluding carboxylic acids is 4. The molecule has 3 amide bonds. The van der Waals surface area contributed by atoms with Crippen LogP contribution in [-0.4, -0.2) is 64.9 Å². The number of aliphatic hydroxyl groups excluding tert-OH is 1. The highest BCUT2D eigenvalue weighted by Crippen LogP contribution is 2.16. The van der Waals surface area contributed by atoms with Crippen LogP contribution < -0.4 is 22.1 Å². The first-order valence-electron chi connectivity index (χ1n) is 12.6. The van der Waals surface area contributed by atoms with Gasteiger partial charge in [0, 0.05) is 25.3 Å². The highest BCUT2D eigenvalue weighted by Gasteiger charge is 2.28. The molecular weight excluding hydrogens is 480 g/mol. The zero-order chi connectivity index (χ0) is 27.8. The topological polar surface area (TPSA) is 202 Å². The summed E-state index contributed by atoms with van der Waals surface area (Å²) in [6, 6.07) is 7.04. The van der Waals surface area contributed by atoms with E-state index in [0.29, 0.717) is 32.2 Å². The van der Waals surface area contributed by atoms with Gasteiger partial charge in [-0.1, -0.05) is 37.3 Å². The Labute approximate surface area is 217 Å². The van der Waals surface area contributed by atoms with E-state index in [-0.39, 0.29) is 37.4 Å². The molecule has 0 aromatic heterocycles. The molecule has 0 aliphatic carbocycles. The molecule has 1 rings (SSSR count). The fourth-order valence-corrected chi connectivity index (χ4v) is 3.82. The molecule has 0 bridgehead atoms. The van der Waals surface area contributed by atoms with Crippen LogP contribution in [0.25, 0.3) is 0 Å². The molecule has 37 heavy (non-hydrogen) atoms. The van der Waals surface area contributed by atoms with Crippen LogP contribution in [-0.2, 0) is 30.4 Å². The lowest BCUT2D eigenvalue weighted by molar-refractivity contribution is -0.142. The first kappa shape index (κ1) is 31.7. The third-order valence-electron chi connectivity index (χ3n) is 6.23. The number of rotatable bonds is 19. The Morgan fingerprint density at radius 2 is 1.68 bits per heavy atom. The van der Waals surface area contributed by atoms with E-state index in [1.807, 2.05) is 30.3 Å². The van der Waals surface area contributed by atoms with Gasteiger partial charge in [0.25, 0.3) is 0 Å². The van der Waals surface area contributed by atoms with Crippen LogP contribution in [0.15, 0.2) is 30.3 Å². The maximum atomic E-state index is 12.8. The van der Waals surface area contributed by atoms with E-state index in [4.69, 9.17) is 16.6 Å². The normalized spacial score (nSPS) is 14.1. The minimum absolute atomic E-state index is 0.139. The van der Waals surface area contributed by atoms with E-state index in [1.54, 1.807) is 6.92 Å². The molecule has 4 atom stereocenters. The molecule has 0 radical (unpaired) electrons. The number of hydrogen-bond donors (Lipinski definition) is 6. The molecule has 1 aromatic carbocycles. The number of primary amides is 1. The highest BCUT2D eigenvalue weighted by molar-refractivity contribution is 5.92. The van der Waals surface area contributed by atoms with Gasteiger partial charge in [-0.05, 0) is 44.1 Å². The maximum Gasteiger partial charge on any atom is 0.306 e. The van der Waals surface area contributed by atoms with Crippen molar-refractivity contribution in [2.75, 3.05) is 13.2 Å². The van der Waals surface area contributed by atoms with Gasteiger partial charge < -0.3 is 32.3 Å². The molecule has 0 aliphatic rings. The summed E-state index contributed by atoms with van der Waals surface area (Å²) in [4.78, 5) is 59.9. The van der Waals surface area contributed by atoms with E-state index in [9.17, 15) is 29.1 Å². The van der Waals surface area contributed by atoms with Gasteiger partial charge in [-0.25, -0.2) is 0 Å². The molecule has 0 saturated heterocycles. The zero-order valence-electron chi connectivity index (χ0n) is 21.4. The van der Waals surface area contributed by atoms with E-state index >= 15 is 0 Å². The van der Waals surface area contributed by atoms with Crippen molar-refractivity contribution in [1.29, 1.82) is 0 Å². The summed E-state index contributed by atoms with van der Waals surface area (Å²) in [5, 5.41) is 23.5. The molecular formula is C26H40N4O7. The Morgan fingerprint density at radius 3 is 2.24 bits per heavy atom. The van der Waals surface area contributed by atoms with Crippen molar-refractivity contribution >= 4 is 29.5 Å². The van der Waals surface area contributed by atoms with E-state index in [0.717, 1.165) is 5.56 Å². The second kappa shape index (κ2) is 17.2. The predicted octanol–water partition coefficient (Wildman–Crippen LogP) is 0.272. The number of aliphatic hydroxyl groups is 1. The van der Waals surface area contributed by atoms with Crippen molar-refractivity contribution in [1.82, 2.24) is 10.6 Å². The monoisotopic (exact) mass is 520 g/mol. The molecule has 4 unspecified atom stereocenters. The van der Waals surface area contributed by atoms with Gasteiger partial charge >= 0.3 is 5.97 Å². The molecule has 11 nitrogen and oxygen atoms in total. The summed E-state index contributed by atoms with van der Waals surface area (Å²) in [5.74, 6) is -4.21. The van der Waals surface area contributed by atoms with Crippen LogP contribution >= 0.6 is 0 Å². The fourth-order valence-electron chi connectivity index (χ4n) is 3.82. The SMILES string of the molecule is CCC(CCC(=O)NCCCCC(N)C(=O)CC(Cc1ccccc1)C(=O)NC(CO)C(N)=O)C(=O)O. The first-order valence-corrected chi connectivity index (χ1v) is 12.6. The van der Waals surface area contributed by atoms with Crippen molar-refractivity contribution in [2.45, 2.75) is 70.4 Å². The van der Waals surface area contributed by atoms with Gasteiger partial charge in [-0.15, -0.1) is 0 Å². The minimum Gasteiger partial charge on any atom is -0.481 e. The van der Waals surface area contributed by atoms with Crippen molar-refractivity contribution in [3.05, 3.63) is 35.9 Å². The number of ketones is 1. The lowest BCUT2D eigenvalue weighted by atomic mass is 9.90. The van der Waals surface area contributed by atoms with Gasteiger partial charge in [0.05, 0.1) is 18.6 Å². The fraction of sp³-hybridized carbons (Fsp3) is 0.577. The number of unbranched alkanes of at least 4 members (excludes halogenated alkanes) is 1. The summed E-state index contributed by atoms with van der Waals surface area (Å²) >= 11 is 0. The van der Waals surface area contributed by atoms with Gasteiger partial charge in [0.15, 0.2) is 0 Å². The molecule has 8 N–H and O–H groups in total. The van der Waals surface area contributed by atoms with Gasteiger partial charge in [0.2, 0.25) is 17.7 Å². The lowest BCUT2D eigenvalue weighted by Gasteiger charge is -2.21. The summed E-state index contributed by atoms with van der Waals surface area (Å²) < 4.78 is 0. The van der Waals surface area contributed by atoms with Crippen molar-refractivity contribution in [3.63, 3.8) is 0 Å². The molecule has 0 spiro atoms. The predicted molar refractivity (Wildman–Crippen MR) is 137 cm³/mol. The first-order chi connectivity index (χ1) is 17.6. The van der Waals surface area contributed by atoms with Crippen LogP contribution in [0.3, 0.4) is 0 Å². The number of benzene rings is 1. The summed E-state index contributed by atoms with van der Waals surface area (Å²) in [6.07, 6.45) is 2.53. The standard InChI is InChI=1S/C26H40N4O7/c1-2-18(26(36)37)11-12-23(33)29-13-7-6-10-20(27)22(32)15-19(14-17-8-4-3-5-9-17)25(35)30-21(16-31)24(28)34/h3-5,8-9,18-21,31H,2,6-7,10-16,27H2,1H3,(H2,28,34)(H,29,33)(H,30,35)(H,36,37). The van der Waals surface area contributed by atoms with E-state index in [2.05, 4.69) is 10.6 Å². The van der Waals surface area contributed by atoms with Crippen LogP contribution in [0, 0.1) is 11.8 Å². The quantitative estimate of drug-likeness (QED) is 0.139. The molecule has 0 aliphatic heterocycles. The second-order valence-corrected chi connectivity index (χ2v) is 9.14.